The lowest BCUT2D eigenvalue weighted by molar-refractivity contribution is -0.117. The van der Waals surface area contributed by atoms with E-state index in [2.05, 4.69) is 11.6 Å². The molecule has 0 spiro atoms. The highest BCUT2D eigenvalue weighted by molar-refractivity contribution is 8.15. The maximum absolute atomic E-state index is 12.3. The number of carbonyl (C=O) groups is 1. The van der Waals surface area contributed by atoms with Crippen molar-refractivity contribution >= 4 is 32.7 Å². The van der Waals surface area contributed by atoms with Crippen molar-refractivity contribution in [2.45, 2.75) is 24.6 Å². The Kier molecular flexibility index (Phi) is 4.83. The van der Waals surface area contributed by atoms with Crippen molar-refractivity contribution in [3.63, 3.8) is 0 Å². The minimum Gasteiger partial charge on any atom is -0.342 e. The standard InChI is InChI=1S/C17H20N2O3S2/c1-3-8-19-14-10-24(21,22)11-15(14)23-17(19)18-16(20)9-13-6-4-12(2)5-7-13/h3-7,14-15H,1,8-11H2,2H3/t14-,15+/m1/s1. The van der Waals surface area contributed by atoms with E-state index in [0.717, 1.165) is 11.1 Å². The number of amidine groups is 1. The first-order valence-corrected chi connectivity index (χ1v) is 10.5. The number of aliphatic imine (C=N–C) groups is 1. The van der Waals surface area contributed by atoms with Crippen LogP contribution in [0.3, 0.4) is 0 Å². The SMILES string of the molecule is C=CCN1C(=NC(=O)Cc2ccc(C)cc2)S[C@H]2CS(=O)(=O)C[C@H]21. The molecule has 2 saturated heterocycles. The van der Waals surface area contributed by atoms with Gasteiger partial charge in [-0.05, 0) is 12.5 Å². The van der Waals surface area contributed by atoms with E-state index in [-0.39, 0.29) is 35.1 Å². The molecule has 5 nitrogen and oxygen atoms in total. The van der Waals surface area contributed by atoms with Gasteiger partial charge in [0.2, 0.25) is 0 Å². The summed E-state index contributed by atoms with van der Waals surface area (Å²) in [5, 5.41) is 0.581. The van der Waals surface area contributed by atoms with Crippen LogP contribution in [0.5, 0.6) is 0 Å². The van der Waals surface area contributed by atoms with Crippen LogP contribution >= 0.6 is 11.8 Å². The van der Waals surface area contributed by atoms with Crippen molar-refractivity contribution in [3.05, 3.63) is 48.0 Å². The molecular weight excluding hydrogens is 344 g/mol. The number of fused-ring (bicyclic) bond motifs is 1. The van der Waals surface area contributed by atoms with Crippen molar-refractivity contribution in [2.75, 3.05) is 18.1 Å². The van der Waals surface area contributed by atoms with Gasteiger partial charge in [-0.15, -0.1) is 6.58 Å². The molecule has 3 rings (SSSR count). The van der Waals surface area contributed by atoms with Gasteiger partial charge in [0.25, 0.3) is 5.91 Å². The van der Waals surface area contributed by atoms with Crippen LogP contribution < -0.4 is 0 Å². The van der Waals surface area contributed by atoms with Gasteiger partial charge in [-0.1, -0.05) is 47.7 Å². The van der Waals surface area contributed by atoms with Crippen LogP contribution in [0.2, 0.25) is 0 Å². The average Bonchev–Trinajstić information content (AvgIpc) is 2.95. The molecule has 2 fully saturated rings. The van der Waals surface area contributed by atoms with Gasteiger partial charge < -0.3 is 4.90 Å². The summed E-state index contributed by atoms with van der Waals surface area (Å²) in [7, 11) is -3.00. The number of thioether (sulfide) groups is 1. The van der Waals surface area contributed by atoms with E-state index in [0.29, 0.717) is 11.7 Å². The smallest absolute Gasteiger partial charge is 0.252 e. The molecule has 0 unspecified atom stereocenters. The van der Waals surface area contributed by atoms with Gasteiger partial charge in [0.05, 0.1) is 24.0 Å². The molecule has 0 saturated carbocycles. The van der Waals surface area contributed by atoms with Crippen LogP contribution in [-0.4, -0.2) is 53.7 Å². The molecule has 0 aliphatic carbocycles. The Morgan fingerprint density at radius 1 is 1.38 bits per heavy atom. The van der Waals surface area contributed by atoms with E-state index in [1.807, 2.05) is 36.1 Å². The van der Waals surface area contributed by atoms with Crippen LogP contribution in [0.25, 0.3) is 0 Å². The second kappa shape index (κ2) is 6.72. The zero-order valence-corrected chi connectivity index (χ0v) is 15.1. The summed E-state index contributed by atoms with van der Waals surface area (Å²) in [4.78, 5) is 18.4. The minimum absolute atomic E-state index is 0.0409. The fourth-order valence-corrected chi connectivity index (χ4v) is 6.99. The van der Waals surface area contributed by atoms with E-state index in [1.165, 1.54) is 11.8 Å². The molecule has 128 valence electrons. The summed E-state index contributed by atoms with van der Waals surface area (Å²) in [6.07, 6.45) is 1.97. The fraction of sp³-hybridized carbons (Fsp3) is 0.412. The van der Waals surface area contributed by atoms with Crippen molar-refractivity contribution in [3.8, 4) is 0 Å². The lowest BCUT2D eigenvalue weighted by atomic mass is 10.1. The Morgan fingerprint density at radius 3 is 2.75 bits per heavy atom. The lowest BCUT2D eigenvalue weighted by Crippen LogP contribution is -2.37. The zero-order chi connectivity index (χ0) is 17.3. The molecule has 7 heteroatoms. The predicted molar refractivity (Wildman–Crippen MR) is 98.0 cm³/mol. The van der Waals surface area contributed by atoms with Crippen LogP contribution in [-0.2, 0) is 21.1 Å². The summed E-state index contributed by atoms with van der Waals surface area (Å²) in [6, 6.07) is 7.69. The van der Waals surface area contributed by atoms with Crippen molar-refractivity contribution in [1.29, 1.82) is 0 Å². The van der Waals surface area contributed by atoms with E-state index in [9.17, 15) is 13.2 Å². The number of nitrogens with zero attached hydrogens (tertiary/aromatic N) is 2. The number of rotatable bonds is 4. The summed E-state index contributed by atoms with van der Waals surface area (Å²) >= 11 is 1.40. The number of carbonyl (C=O) groups excluding carboxylic acids is 1. The predicted octanol–water partition coefficient (Wildman–Crippen LogP) is 1.82. The molecule has 2 aliphatic heterocycles. The number of hydrogen-bond donors (Lipinski definition) is 0. The molecule has 2 heterocycles. The summed E-state index contributed by atoms with van der Waals surface area (Å²) in [6.45, 7) is 6.23. The second-order valence-corrected chi connectivity index (χ2v) is 9.55. The molecular formula is C17H20N2O3S2. The lowest BCUT2D eigenvalue weighted by Gasteiger charge is -2.22. The average molecular weight is 364 g/mol. The van der Waals surface area contributed by atoms with Gasteiger partial charge in [-0.2, -0.15) is 4.99 Å². The molecule has 1 aromatic carbocycles. The Labute approximate surface area is 146 Å². The Hall–Kier alpha value is -1.60. The van der Waals surface area contributed by atoms with Crippen molar-refractivity contribution in [1.82, 2.24) is 4.90 Å². The Balaban J connectivity index is 1.75. The number of hydrogen-bond acceptors (Lipinski definition) is 4. The van der Waals surface area contributed by atoms with Crippen molar-refractivity contribution < 1.29 is 13.2 Å². The number of amides is 1. The molecule has 0 aromatic heterocycles. The van der Waals surface area contributed by atoms with Crippen LogP contribution in [0.15, 0.2) is 41.9 Å². The summed E-state index contributed by atoms with van der Waals surface area (Å²) < 4.78 is 23.6. The number of benzene rings is 1. The van der Waals surface area contributed by atoms with E-state index >= 15 is 0 Å². The molecule has 2 atom stereocenters. The summed E-state index contributed by atoms with van der Waals surface area (Å²) in [5.41, 5.74) is 2.08. The number of aryl methyl sites for hydroxylation is 1. The maximum atomic E-state index is 12.3. The third-order valence-electron chi connectivity index (χ3n) is 4.20. The molecule has 24 heavy (non-hydrogen) atoms. The topological polar surface area (TPSA) is 66.8 Å². The van der Waals surface area contributed by atoms with Crippen LogP contribution in [0, 0.1) is 6.92 Å². The van der Waals surface area contributed by atoms with Crippen LogP contribution in [0.4, 0.5) is 0 Å². The zero-order valence-electron chi connectivity index (χ0n) is 13.5. The highest BCUT2D eigenvalue weighted by Gasteiger charge is 2.48. The van der Waals surface area contributed by atoms with Gasteiger partial charge in [0, 0.05) is 11.8 Å². The van der Waals surface area contributed by atoms with Gasteiger partial charge >= 0.3 is 0 Å². The summed E-state index contributed by atoms with van der Waals surface area (Å²) in [5.74, 6) is 0.0726. The largest absolute Gasteiger partial charge is 0.342 e. The fourth-order valence-electron chi connectivity index (χ4n) is 3.01. The van der Waals surface area contributed by atoms with Gasteiger partial charge in [0.1, 0.15) is 0 Å². The third kappa shape index (κ3) is 3.72. The van der Waals surface area contributed by atoms with Gasteiger partial charge in [0.15, 0.2) is 15.0 Å². The first kappa shape index (κ1) is 17.2. The van der Waals surface area contributed by atoms with Gasteiger partial charge in [-0.25, -0.2) is 8.42 Å². The second-order valence-electron chi connectivity index (χ2n) is 6.19. The molecule has 2 aliphatic rings. The Bertz CT molecular complexity index is 785. The molecule has 0 bridgehead atoms. The van der Waals surface area contributed by atoms with E-state index < -0.39 is 9.84 Å². The van der Waals surface area contributed by atoms with Gasteiger partial charge in [-0.3, -0.25) is 4.79 Å². The third-order valence-corrected chi connectivity index (χ3v) is 7.44. The molecule has 1 aromatic rings. The van der Waals surface area contributed by atoms with E-state index in [1.54, 1.807) is 6.08 Å². The Morgan fingerprint density at radius 2 is 2.08 bits per heavy atom. The highest BCUT2D eigenvalue weighted by atomic mass is 32.2. The first-order chi connectivity index (χ1) is 11.4. The quantitative estimate of drug-likeness (QED) is 0.763. The normalized spacial score (nSPS) is 26.5. The monoisotopic (exact) mass is 364 g/mol. The molecule has 0 radical (unpaired) electrons. The molecule has 1 amide bonds. The van der Waals surface area contributed by atoms with Crippen LogP contribution in [0.1, 0.15) is 11.1 Å². The van der Waals surface area contributed by atoms with Crippen molar-refractivity contribution in [2.24, 2.45) is 4.99 Å². The minimum atomic E-state index is -3.00. The van der Waals surface area contributed by atoms with E-state index in [4.69, 9.17) is 0 Å². The molecule has 0 N–H and O–H groups in total. The first-order valence-electron chi connectivity index (χ1n) is 7.79. The number of sulfone groups is 1. The highest BCUT2D eigenvalue weighted by Crippen LogP contribution is 2.38. The maximum Gasteiger partial charge on any atom is 0.252 e.